The Morgan fingerprint density at radius 3 is 2.50 bits per heavy atom. The van der Waals surface area contributed by atoms with Crippen molar-refractivity contribution in [3.8, 4) is 6.07 Å². The number of Topliss-reactive ketones (excluding diaryl/α,β-unsaturated/α-hetero) is 1. The lowest BCUT2D eigenvalue weighted by Gasteiger charge is -2.37. The van der Waals surface area contributed by atoms with Gasteiger partial charge in [0.05, 0.1) is 11.3 Å². The van der Waals surface area contributed by atoms with Crippen LogP contribution in [0.3, 0.4) is 0 Å². The Labute approximate surface area is 155 Å². The number of nitrogens with one attached hydrogen (secondary N) is 1. The lowest BCUT2D eigenvalue weighted by molar-refractivity contribution is 0.101. The molecule has 0 spiro atoms. The zero-order valence-electron chi connectivity index (χ0n) is 15.4. The maximum Gasteiger partial charge on any atom is 0.159 e. The molecule has 0 aliphatic carbocycles. The lowest BCUT2D eigenvalue weighted by Crippen LogP contribution is -2.40. The number of likely N-dealkylation sites (tertiary alicyclic amines) is 1. The lowest BCUT2D eigenvalue weighted by atomic mass is 9.99. The summed E-state index contributed by atoms with van der Waals surface area (Å²) in [5, 5.41) is 12.8. The summed E-state index contributed by atoms with van der Waals surface area (Å²) in [6, 6.07) is 18.8. The number of anilines is 1. The summed E-state index contributed by atoms with van der Waals surface area (Å²) in [4.78, 5) is 14.1. The van der Waals surface area contributed by atoms with Gasteiger partial charge in [0.1, 0.15) is 6.07 Å². The molecule has 3 rings (SSSR count). The Morgan fingerprint density at radius 2 is 1.88 bits per heavy atom. The fourth-order valence-electron chi connectivity index (χ4n) is 3.57. The maximum atomic E-state index is 11.6. The summed E-state index contributed by atoms with van der Waals surface area (Å²) in [6.45, 7) is 5.84. The van der Waals surface area contributed by atoms with Gasteiger partial charge in [-0.15, -0.1) is 0 Å². The van der Waals surface area contributed by atoms with Crippen molar-refractivity contribution in [1.29, 1.82) is 5.26 Å². The monoisotopic (exact) mass is 347 g/mol. The predicted molar refractivity (Wildman–Crippen MR) is 104 cm³/mol. The van der Waals surface area contributed by atoms with E-state index < -0.39 is 0 Å². The maximum absolute atomic E-state index is 11.6. The van der Waals surface area contributed by atoms with E-state index in [9.17, 15) is 10.1 Å². The van der Waals surface area contributed by atoms with Gasteiger partial charge in [-0.3, -0.25) is 9.69 Å². The molecule has 1 aliphatic heterocycles. The number of carbonyl (C=O) groups excluding carboxylic acids is 1. The van der Waals surface area contributed by atoms with Crippen LogP contribution in [0.15, 0.2) is 48.5 Å². The molecule has 0 bridgehead atoms. The average molecular weight is 347 g/mol. The van der Waals surface area contributed by atoms with E-state index in [0.29, 0.717) is 23.2 Å². The Kier molecular flexibility index (Phi) is 5.70. The van der Waals surface area contributed by atoms with Crippen LogP contribution in [0.25, 0.3) is 0 Å². The van der Waals surface area contributed by atoms with E-state index in [2.05, 4.69) is 47.5 Å². The number of piperidine rings is 1. The van der Waals surface area contributed by atoms with Crippen molar-refractivity contribution in [1.82, 2.24) is 4.90 Å². The highest BCUT2D eigenvalue weighted by Gasteiger charge is 2.24. The van der Waals surface area contributed by atoms with Crippen molar-refractivity contribution < 1.29 is 4.79 Å². The first-order valence-corrected chi connectivity index (χ1v) is 9.19. The fraction of sp³-hybridized carbons (Fsp3) is 0.364. The molecule has 2 aromatic carbocycles. The van der Waals surface area contributed by atoms with Crippen LogP contribution in [0, 0.1) is 11.3 Å². The first-order valence-electron chi connectivity index (χ1n) is 9.19. The van der Waals surface area contributed by atoms with Crippen LogP contribution in [-0.4, -0.2) is 29.8 Å². The molecule has 26 heavy (non-hydrogen) atoms. The molecule has 0 saturated carbocycles. The molecule has 0 amide bonds. The van der Waals surface area contributed by atoms with Crippen molar-refractivity contribution >= 4 is 11.5 Å². The normalized spacial score (nSPS) is 16.7. The molecule has 1 unspecified atom stereocenters. The van der Waals surface area contributed by atoms with Gasteiger partial charge in [-0.1, -0.05) is 30.3 Å². The molecule has 4 heteroatoms. The highest BCUT2D eigenvalue weighted by atomic mass is 16.1. The van der Waals surface area contributed by atoms with Gasteiger partial charge < -0.3 is 5.32 Å². The number of hydrogen-bond acceptors (Lipinski definition) is 4. The van der Waals surface area contributed by atoms with E-state index in [1.807, 2.05) is 6.07 Å². The molecule has 1 N–H and O–H groups in total. The molecule has 0 radical (unpaired) electrons. The number of ketones is 1. The second kappa shape index (κ2) is 8.16. The van der Waals surface area contributed by atoms with E-state index >= 15 is 0 Å². The molecule has 1 aliphatic rings. The number of nitriles is 1. The third-order valence-electron chi connectivity index (χ3n) is 5.27. The van der Waals surface area contributed by atoms with Crippen LogP contribution >= 0.6 is 0 Å². The summed E-state index contributed by atoms with van der Waals surface area (Å²) in [7, 11) is 0. The first-order chi connectivity index (χ1) is 12.6. The third kappa shape index (κ3) is 4.12. The summed E-state index contributed by atoms with van der Waals surface area (Å²) in [6.07, 6.45) is 2.04. The van der Waals surface area contributed by atoms with Crippen molar-refractivity contribution in [2.45, 2.75) is 38.8 Å². The van der Waals surface area contributed by atoms with Gasteiger partial charge >= 0.3 is 0 Å². The van der Waals surface area contributed by atoms with Crippen LogP contribution in [-0.2, 0) is 0 Å². The number of carbonyl (C=O) groups is 1. The summed E-state index contributed by atoms with van der Waals surface area (Å²) >= 11 is 0. The Morgan fingerprint density at radius 1 is 1.19 bits per heavy atom. The molecule has 134 valence electrons. The molecule has 0 aromatic heterocycles. The standard InChI is InChI=1S/C22H25N3O/c1-16(18-6-4-3-5-7-18)25-12-10-21(11-13-25)24-22-14-19(17(2)26)8-9-20(22)15-23/h3-9,14,16,21,24H,10-13H2,1-2H3. The van der Waals surface area contributed by atoms with E-state index in [1.54, 1.807) is 25.1 Å². The number of benzene rings is 2. The van der Waals surface area contributed by atoms with Gasteiger partial charge in [-0.25, -0.2) is 0 Å². The Balaban J connectivity index is 1.63. The number of rotatable bonds is 5. The van der Waals surface area contributed by atoms with E-state index in [-0.39, 0.29) is 5.78 Å². The summed E-state index contributed by atoms with van der Waals surface area (Å²) in [5.41, 5.74) is 3.35. The van der Waals surface area contributed by atoms with Gasteiger partial charge in [0.15, 0.2) is 5.78 Å². The molecular weight excluding hydrogens is 322 g/mol. The van der Waals surface area contributed by atoms with Crippen molar-refractivity contribution in [2.24, 2.45) is 0 Å². The van der Waals surface area contributed by atoms with Gasteiger partial charge in [0, 0.05) is 30.7 Å². The third-order valence-corrected chi connectivity index (χ3v) is 5.27. The van der Waals surface area contributed by atoms with E-state index in [4.69, 9.17) is 0 Å². The molecule has 4 nitrogen and oxygen atoms in total. The SMILES string of the molecule is CC(=O)c1ccc(C#N)c(NC2CCN(C(C)c3ccccc3)CC2)c1. The molecule has 1 saturated heterocycles. The van der Waals surface area contributed by atoms with Gasteiger partial charge in [-0.05, 0) is 50.5 Å². The second-order valence-corrected chi connectivity index (χ2v) is 6.97. The average Bonchev–Trinajstić information content (AvgIpc) is 2.68. The van der Waals surface area contributed by atoms with Crippen molar-refractivity contribution in [3.05, 3.63) is 65.2 Å². The molecule has 1 fully saturated rings. The minimum atomic E-state index is 0.0176. The largest absolute Gasteiger partial charge is 0.381 e. The second-order valence-electron chi connectivity index (χ2n) is 6.97. The highest BCUT2D eigenvalue weighted by Crippen LogP contribution is 2.26. The molecule has 2 aromatic rings. The zero-order chi connectivity index (χ0) is 18.5. The first kappa shape index (κ1) is 18.2. The minimum absolute atomic E-state index is 0.0176. The Bertz CT molecular complexity index is 802. The molecule has 1 heterocycles. The van der Waals surface area contributed by atoms with Crippen molar-refractivity contribution in [2.75, 3.05) is 18.4 Å². The topological polar surface area (TPSA) is 56.1 Å². The van der Waals surface area contributed by atoms with E-state index in [0.717, 1.165) is 31.6 Å². The van der Waals surface area contributed by atoms with E-state index in [1.165, 1.54) is 5.56 Å². The summed E-state index contributed by atoms with van der Waals surface area (Å²) < 4.78 is 0. The predicted octanol–water partition coefficient (Wildman–Crippen LogP) is 4.40. The zero-order valence-corrected chi connectivity index (χ0v) is 15.4. The Hall–Kier alpha value is -2.64. The fourth-order valence-corrected chi connectivity index (χ4v) is 3.57. The molecule has 1 atom stereocenters. The van der Waals surface area contributed by atoms with Crippen LogP contribution in [0.4, 0.5) is 5.69 Å². The minimum Gasteiger partial charge on any atom is -0.381 e. The van der Waals surface area contributed by atoms with Crippen molar-refractivity contribution in [3.63, 3.8) is 0 Å². The van der Waals surface area contributed by atoms with Gasteiger partial charge in [0.25, 0.3) is 0 Å². The van der Waals surface area contributed by atoms with Crippen LogP contribution < -0.4 is 5.32 Å². The van der Waals surface area contributed by atoms with Gasteiger partial charge in [-0.2, -0.15) is 5.26 Å². The smallest absolute Gasteiger partial charge is 0.159 e. The number of hydrogen-bond donors (Lipinski definition) is 1. The highest BCUT2D eigenvalue weighted by molar-refractivity contribution is 5.95. The quantitative estimate of drug-likeness (QED) is 0.815. The number of nitrogens with zero attached hydrogens (tertiary/aromatic N) is 2. The van der Waals surface area contributed by atoms with Crippen LogP contribution in [0.2, 0.25) is 0 Å². The van der Waals surface area contributed by atoms with Gasteiger partial charge in [0.2, 0.25) is 0 Å². The van der Waals surface area contributed by atoms with Crippen LogP contribution in [0.1, 0.15) is 54.2 Å². The summed E-state index contributed by atoms with van der Waals surface area (Å²) in [5.74, 6) is 0.0176. The molecular formula is C22H25N3O. The van der Waals surface area contributed by atoms with Crippen LogP contribution in [0.5, 0.6) is 0 Å².